The highest BCUT2D eigenvalue weighted by atomic mass is 32.2. The lowest BCUT2D eigenvalue weighted by Gasteiger charge is -2.13. The number of hydrogen-bond acceptors (Lipinski definition) is 5. The van der Waals surface area contributed by atoms with E-state index in [0.717, 1.165) is 6.42 Å². The van der Waals surface area contributed by atoms with E-state index in [4.69, 9.17) is 0 Å². The van der Waals surface area contributed by atoms with Gasteiger partial charge >= 0.3 is 5.69 Å². The van der Waals surface area contributed by atoms with E-state index < -0.39 is 10.8 Å². The van der Waals surface area contributed by atoms with Crippen molar-refractivity contribution in [3.63, 3.8) is 0 Å². The molecule has 0 aliphatic heterocycles. The molecule has 0 bridgehead atoms. The molecule has 0 aliphatic carbocycles. The van der Waals surface area contributed by atoms with Crippen molar-refractivity contribution in [3.8, 4) is 0 Å². The summed E-state index contributed by atoms with van der Waals surface area (Å²) in [5.74, 6) is 0. The molecule has 6 nitrogen and oxygen atoms in total. The number of hydrogen-bond donors (Lipinski definition) is 2. The summed E-state index contributed by atoms with van der Waals surface area (Å²) in [6.07, 6.45) is 3.27. The minimum absolute atomic E-state index is 0.0659. The molecule has 0 saturated carbocycles. The first-order valence-corrected chi connectivity index (χ1v) is 8.66. The Morgan fingerprint density at radius 2 is 1.86 bits per heavy atom. The van der Waals surface area contributed by atoms with Crippen molar-refractivity contribution < 1.29 is 9.13 Å². The summed E-state index contributed by atoms with van der Waals surface area (Å²) in [5, 5.41) is 17.5. The number of nitro benzene ring substituents is 1. The Kier molecular flexibility index (Phi) is 7.14. The van der Waals surface area contributed by atoms with E-state index in [2.05, 4.69) is 10.6 Å². The molecule has 0 spiro atoms. The van der Waals surface area contributed by atoms with E-state index >= 15 is 0 Å². The first-order valence-electron chi connectivity index (χ1n) is 7.04. The van der Waals surface area contributed by atoms with Crippen LogP contribution in [0.5, 0.6) is 0 Å². The molecule has 2 N–H and O–H groups in total. The largest absolute Gasteiger partial charge is 0.379 e. The zero-order valence-electron chi connectivity index (χ0n) is 12.7. The van der Waals surface area contributed by atoms with Gasteiger partial charge in [-0.25, -0.2) is 0 Å². The molecular weight excluding hydrogens is 290 g/mol. The summed E-state index contributed by atoms with van der Waals surface area (Å²) in [4.78, 5) is 10.9. The first kappa shape index (κ1) is 17.4. The molecule has 0 saturated heterocycles. The Hall–Kier alpha value is -1.63. The fourth-order valence-electron chi connectivity index (χ4n) is 1.86. The summed E-state index contributed by atoms with van der Waals surface area (Å²) in [6, 6.07) is 5.19. The van der Waals surface area contributed by atoms with Crippen molar-refractivity contribution in [3.05, 3.63) is 28.3 Å². The maximum atomic E-state index is 11.3. The fraction of sp³-hybridized carbons (Fsp3) is 0.571. The quantitative estimate of drug-likeness (QED) is 0.541. The van der Waals surface area contributed by atoms with E-state index in [9.17, 15) is 14.3 Å². The van der Waals surface area contributed by atoms with Crippen molar-refractivity contribution >= 4 is 27.9 Å². The number of rotatable bonds is 9. The van der Waals surface area contributed by atoms with Gasteiger partial charge in [0.05, 0.1) is 4.92 Å². The molecule has 21 heavy (non-hydrogen) atoms. The van der Waals surface area contributed by atoms with Crippen LogP contribution in [0, 0.1) is 10.1 Å². The van der Waals surface area contributed by atoms with Gasteiger partial charge in [0.2, 0.25) is 0 Å². The third kappa shape index (κ3) is 5.34. The maximum Gasteiger partial charge on any atom is 0.315 e. The van der Waals surface area contributed by atoms with Crippen LogP contribution in [0.25, 0.3) is 0 Å². The molecule has 0 radical (unpaired) electrons. The molecule has 0 amide bonds. The smallest absolute Gasteiger partial charge is 0.315 e. The molecule has 118 valence electrons. The average molecular weight is 313 g/mol. The predicted molar refractivity (Wildman–Crippen MR) is 88.5 cm³/mol. The Bertz CT molecular complexity index is 508. The van der Waals surface area contributed by atoms with E-state index in [-0.39, 0.29) is 15.9 Å². The predicted octanol–water partition coefficient (Wildman–Crippen LogP) is 2.99. The zero-order chi connectivity index (χ0) is 15.8. The van der Waals surface area contributed by atoms with E-state index in [0.29, 0.717) is 30.9 Å². The third-order valence-electron chi connectivity index (χ3n) is 3.22. The summed E-state index contributed by atoms with van der Waals surface area (Å²) < 4.78 is 11.3. The van der Waals surface area contributed by atoms with Gasteiger partial charge in [0.1, 0.15) is 11.4 Å². The molecule has 0 aromatic heterocycles. The Morgan fingerprint density at radius 3 is 2.33 bits per heavy atom. The second kappa shape index (κ2) is 8.61. The van der Waals surface area contributed by atoms with Gasteiger partial charge in [-0.15, -0.1) is 0 Å². The first-order chi connectivity index (χ1) is 9.97. The Labute approximate surface area is 127 Å². The zero-order valence-corrected chi connectivity index (χ0v) is 13.5. The van der Waals surface area contributed by atoms with Crippen molar-refractivity contribution in [1.82, 2.24) is 0 Å². The normalized spacial score (nSPS) is 13.5. The van der Waals surface area contributed by atoms with Crippen LogP contribution in [0.15, 0.2) is 18.2 Å². The van der Waals surface area contributed by atoms with Crippen molar-refractivity contribution in [2.75, 3.05) is 30.0 Å². The molecule has 0 heterocycles. The lowest BCUT2D eigenvalue weighted by atomic mass is 10.2. The van der Waals surface area contributed by atoms with Crippen LogP contribution in [0.2, 0.25) is 0 Å². The monoisotopic (exact) mass is 313 g/mol. The molecule has 0 fully saturated rings. The van der Waals surface area contributed by atoms with Gasteiger partial charge in [-0.3, -0.25) is 14.3 Å². The highest BCUT2D eigenvalue weighted by Crippen LogP contribution is 2.32. The Morgan fingerprint density at radius 1 is 1.29 bits per heavy atom. The van der Waals surface area contributed by atoms with Gasteiger partial charge in [-0.05, 0) is 25.0 Å². The molecule has 2 atom stereocenters. The molecule has 0 aliphatic rings. The van der Waals surface area contributed by atoms with Crippen LogP contribution in [-0.2, 0) is 10.8 Å². The summed E-state index contributed by atoms with van der Waals surface area (Å²) in [5.41, 5.74) is 1.09. The minimum Gasteiger partial charge on any atom is -0.379 e. The summed E-state index contributed by atoms with van der Waals surface area (Å²) in [7, 11) is -0.877. The minimum atomic E-state index is -0.877. The summed E-state index contributed by atoms with van der Waals surface area (Å²) in [6.45, 7) is 5.16. The molecule has 1 aromatic rings. The number of para-hydroxylation sites is 1. The van der Waals surface area contributed by atoms with E-state index in [1.807, 2.05) is 13.8 Å². The Balaban J connectivity index is 2.81. The fourth-order valence-corrected chi connectivity index (χ4v) is 2.31. The van der Waals surface area contributed by atoms with E-state index in [1.54, 1.807) is 24.5 Å². The van der Waals surface area contributed by atoms with Gasteiger partial charge in [-0.1, -0.05) is 19.9 Å². The van der Waals surface area contributed by atoms with Crippen LogP contribution in [0.1, 0.15) is 26.7 Å². The second-order valence-electron chi connectivity index (χ2n) is 4.91. The topological polar surface area (TPSA) is 84.3 Å². The van der Waals surface area contributed by atoms with Crippen LogP contribution >= 0.6 is 0 Å². The second-order valence-corrected chi connectivity index (χ2v) is 6.71. The molecular formula is C14H23N3O3S. The highest BCUT2D eigenvalue weighted by molar-refractivity contribution is 7.84. The van der Waals surface area contributed by atoms with Crippen LogP contribution in [0.3, 0.4) is 0 Å². The molecule has 2 unspecified atom stereocenters. The van der Waals surface area contributed by atoms with Crippen molar-refractivity contribution in [2.24, 2.45) is 0 Å². The third-order valence-corrected chi connectivity index (χ3v) is 4.59. The SMILES string of the molecule is CCCNc1cccc(NCCC(C)S(C)=O)c1[N+](=O)[O-]. The number of nitrogens with one attached hydrogen (secondary N) is 2. The molecule has 1 aromatic carbocycles. The van der Waals surface area contributed by atoms with Crippen molar-refractivity contribution in [2.45, 2.75) is 31.9 Å². The van der Waals surface area contributed by atoms with Crippen molar-refractivity contribution in [1.29, 1.82) is 0 Å². The lowest BCUT2D eigenvalue weighted by Crippen LogP contribution is -2.15. The van der Waals surface area contributed by atoms with Crippen LogP contribution in [0.4, 0.5) is 17.1 Å². The van der Waals surface area contributed by atoms with Gasteiger partial charge in [0.25, 0.3) is 0 Å². The van der Waals surface area contributed by atoms with Crippen LogP contribution in [-0.4, -0.2) is 33.7 Å². The molecule has 1 rings (SSSR count). The van der Waals surface area contributed by atoms with Gasteiger partial charge < -0.3 is 10.6 Å². The van der Waals surface area contributed by atoms with Crippen LogP contribution < -0.4 is 10.6 Å². The number of nitrogens with zero attached hydrogens (tertiary/aromatic N) is 1. The number of anilines is 2. The standard InChI is InChI=1S/C14H23N3O3S/c1-4-9-15-12-6-5-7-13(14(12)17(18)19)16-10-8-11(2)21(3)20/h5-7,11,15-16H,4,8-10H2,1-3H3. The highest BCUT2D eigenvalue weighted by Gasteiger charge is 2.19. The average Bonchev–Trinajstić information content (AvgIpc) is 2.44. The van der Waals surface area contributed by atoms with E-state index in [1.165, 1.54) is 0 Å². The molecule has 7 heteroatoms. The number of benzene rings is 1. The van der Waals surface area contributed by atoms with Gasteiger partial charge in [0.15, 0.2) is 0 Å². The summed E-state index contributed by atoms with van der Waals surface area (Å²) >= 11 is 0. The maximum absolute atomic E-state index is 11.3. The van der Waals surface area contributed by atoms with Gasteiger partial charge in [0, 0.05) is 35.4 Å². The number of nitro groups is 1. The van der Waals surface area contributed by atoms with Gasteiger partial charge in [-0.2, -0.15) is 0 Å². The lowest BCUT2D eigenvalue weighted by molar-refractivity contribution is -0.383.